The fourth-order valence-corrected chi connectivity index (χ4v) is 5.32. The van der Waals surface area contributed by atoms with Crippen LogP contribution in [0.3, 0.4) is 0 Å². The van der Waals surface area contributed by atoms with Gasteiger partial charge in [-0.15, -0.1) is 0 Å². The molecule has 2 aromatic heterocycles. The van der Waals surface area contributed by atoms with Gasteiger partial charge in [-0.05, 0) is 76.4 Å². The van der Waals surface area contributed by atoms with E-state index < -0.39 is 0 Å². The van der Waals surface area contributed by atoms with E-state index in [0.717, 1.165) is 59.4 Å². The number of aliphatic imine (C=N–C) groups is 3. The number of methoxy groups -OCH3 is 1. The molecule has 0 spiro atoms. The highest BCUT2D eigenvalue weighted by Gasteiger charge is 2.26. The molecule has 0 saturated carbocycles. The maximum Gasteiger partial charge on any atom is 0.253 e. The van der Waals surface area contributed by atoms with Crippen molar-refractivity contribution in [1.82, 2.24) is 14.8 Å². The van der Waals surface area contributed by atoms with Crippen LogP contribution in [0.1, 0.15) is 88.9 Å². The highest BCUT2D eigenvalue weighted by atomic mass is 16.5. The van der Waals surface area contributed by atoms with Crippen molar-refractivity contribution in [3.63, 3.8) is 0 Å². The molecule has 0 unspecified atom stereocenters. The van der Waals surface area contributed by atoms with Gasteiger partial charge in [-0.3, -0.25) is 0 Å². The van der Waals surface area contributed by atoms with Crippen LogP contribution in [-0.4, -0.2) is 59.1 Å². The number of benzene rings is 1. The van der Waals surface area contributed by atoms with E-state index >= 15 is 0 Å². The third-order valence-electron chi connectivity index (χ3n) is 7.58. The monoisotopic (exact) mass is 599 g/mol. The van der Waals surface area contributed by atoms with Crippen molar-refractivity contribution < 1.29 is 9.47 Å². The van der Waals surface area contributed by atoms with Crippen LogP contribution in [0, 0.1) is 26.7 Å². The normalized spacial score (nSPS) is 13.9. The van der Waals surface area contributed by atoms with E-state index in [1.165, 1.54) is 32.1 Å². The minimum absolute atomic E-state index is 0.459. The maximum absolute atomic E-state index is 6.17. The van der Waals surface area contributed by atoms with E-state index in [9.17, 15) is 0 Å². The van der Waals surface area contributed by atoms with E-state index in [1.807, 2.05) is 57.2 Å². The first-order valence-corrected chi connectivity index (χ1v) is 16.1. The van der Waals surface area contributed by atoms with Gasteiger partial charge in [-0.1, -0.05) is 52.9 Å². The van der Waals surface area contributed by atoms with Crippen LogP contribution in [0.4, 0.5) is 11.5 Å². The summed E-state index contributed by atoms with van der Waals surface area (Å²) in [4.78, 5) is 22.1. The number of amidine groups is 1. The second-order valence-corrected chi connectivity index (χ2v) is 11.8. The average Bonchev–Trinajstić information content (AvgIpc) is 3.57. The van der Waals surface area contributed by atoms with Gasteiger partial charge in [0.2, 0.25) is 0 Å². The topological polar surface area (TPSA) is 89.5 Å². The summed E-state index contributed by atoms with van der Waals surface area (Å²) in [7, 11) is 1.66. The van der Waals surface area contributed by atoms with Crippen LogP contribution in [0.25, 0.3) is 0 Å². The molecule has 9 heteroatoms. The number of rotatable bonds is 15. The van der Waals surface area contributed by atoms with Gasteiger partial charge in [0.25, 0.3) is 5.96 Å². The number of aromatic nitrogens is 3. The molecule has 1 aliphatic heterocycles. The van der Waals surface area contributed by atoms with E-state index in [-0.39, 0.29) is 0 Å². The number of hydrogen-bond acceptors (Lipinski definition) is 7. The van der Waals surface area contributed by atoms with E-state index in [0.29, 0.717) is 35.8 Å². The largest absolute Gasteiger partial charge is 0.496 e. The summed E-state index contributed by atoms with van der Waals surface area (Å²) in [6, 6.07) is 11.9. The Balaban J connectivity index is 1.68. The summed E-state index contributed by atoms with van der Waals surface area (Å²) in [6.45, 7) is 17.3. The highest BCUT2D eigenvalue weighted by molar-refractivity contribution is 6.53. The lowest BCUT2D eigenvalue weighted by atomic mass is 10.1. The summed E-state index contributed by atoms with van der Waals surface area (Å²) in [5.41, 5.74) is 4.78. The number of unbranched alkanes of at least 4 members (excludes halogenated alkanes) is 5. The van der Waals surface area contributed by atoms with Gasteiger partial charge in [-0.2, -0.15) is 10.1 Å². The fourth-order valence-electron chi connectivity index (χ4n) is 5.32. The van der Waals surface area contributed by atoms with E-state index in [1.54, 1.807) is 11.8 Å². The van der Waals surface area contributed by atoms with Gasteiger partial charge in [0.15, 0.2) is 5.84 Å². The Morgan fingerprint density at radius 2 is 1.70 bits per heavy atom. The van der Waals surface area contributed by atoms with Crippen LogP contribution < -0.4 is 14.4 Å². The zero-order chi connectivity index (χ0) is 31.6. The molecule has 0 N–H and O–H groups in total. The molecule has 0 fully saturated rings. The maximum atomic E-state index is 6.17. The smallest absolute Gasteiger partial charge is 0.253 e. The minimum atomic E-state index is 0.459. The van der Waals surface area contributed by atoms with Gasteiger partial charge in [0.1, 0.15) is 23.0 Å². The molecule has 4 rings (SSSR count). The minimum Gasteiger partial charge on any atom is -0.496 e. The van der Waals surface area contributed by atoms with Crippen LogP contribution in [0.15, 0.2) is 51.4 Å². The third kappa shape index (κ3) is 8.33. The summed E-state index contributed by atoms with van der Waals surface area (Å²) >= 11 is 0. The molecular weight excluding hydrogens is 550 g/mol. The first-order valence-electron chi connectivity index (χ1n) is 16.1. The van der Waals surface area contributed by atoms with Gasteiger partial charge in [-0.25, -0.2) is 19.7 Å². The SMILES string of the molecule is CCCCCCCCOc1ccc(OC)c(C2=NC(n3nc(C)cc3C)=N/C2=N\c2ccc(N(CC)CC(C)C)nc2C)c1. The molecule has 0 saturated heterocycles. The van der Waals surface area contributed by atoms with Crippen molar-refractivity contribution in [3.8, 4) is 11.5 Å². The molecule has 9 nitrogen and oxygen atoms in total. The van der Waals surface area contributed by atoms with Crippen molar-refractivity contribution in [1.29, 1.82) is 0 Å². The second kappa shape index (κ2) is 15.6. The predicted molar refractivity (Wildman–Crippen MR) is 182 cm³/mol. The first-order chi connectivity index (χ1) is 21.2. The molecule has 0 radical (unpaired) electrons. The number of anilines is 1. The Kier molecular flexibility index (Phi) is 11.7. The number of nitrogens with zero attached hydrogens (tertiary/aromatic N) is 7. The molecule has 3 heterocycles. The molecule has 0 bridgehead atoms. The first kappa shape index (κ1) is 32.9. The Hall–Kier alpha value is -4.01. The standard InChI is InChI=1S/C35H49N7O2/c1-9-11-12-13-14-15-20-44-28-16-18-31(43-8)29(22-28)33-34(39-35(38-33)42-26(6)21-25(5)40-42)37-30-17-19-32(36-27(30)7)41(10-2)23-24(3)4/h16-19,21-22,24H,9-15,20,23H2,1-8H3/b37-34-. The molecule has 0 aliphatic carbocycles. The van der Waals surface area contributed by atoms with Crippen molar-refractivity contribution in [2.75, 3.05) is 31.7 Å². The van der Waals surface area contributed by atoms with Crippen LogP contribution in [0.5, 0.6) is 11.5 Å². The van der Waals surface area contributed by atoms with Gasteiger partial charge in [0, 0.05) is 24.3 Å². The second-order valence-electron chi connectivity index (χ2n) is 11.8. The molecule has 0 amide bonds. The Bertz CT molecular complexity index is 1500. The number of ether oxygens (including phenoxy) is 2. The number of aryl methyl sites for hydroxylation is 3. The Morgan fingerprint density at radius 3 is 2.36 bits per heavy atom. The lowest BCUT2D eigenvalue weighted by Gasteiger charge is -2.24. The van der Waals surface area contributed by atoms with E-state index in [4.69, 9.17) is 29.4 Å². The van der Waals surface area contributed by atoms with Crippen LogP contribution in [-0.2, 0) is 0 Å². The summed E-state index contributed by atoms with van der Waals surface area (Å²) in [5, 5.41) is 4.63. The quantitative estimate of drug-likeness (QED) is 0.166. The summed E-state index contributed by atoms with van der Waals surface area (Å²) < 4.78 is 13.7. The van der Waals surface area contributed by atoms with Crippen molar-refractivity contribution >= 4 is 29.0 Å². The average molecular weight is 600 g/mol. The molecule has 1 aliphatic rings. The molecule has 236 valence electrons. The van der Waals surface area contributed by atoms with Gasteiger partial charge in [0.05, 0.1) is 30.8 Å². The van der Waals surface area contributed by atoms with Crippen molar-refractivity contribution in [2.24, 2.45) is 20.9 Å². The number of hydrogen-bond donors (Lipinski definition) is 0. The van der Waals surface area contributed by atoms with Gasteiger partial charge >= 0.3 is 0 Å². The van der Waals surface area contributed by atoms with Crippen LogP contribution >= 0.6 is 0 Å². The van der Waals surface area contributed by atoms with E-state index in [2.05, 4.69) is 37.7 Å². The molecule has 3 aromatic rings. The van der Waals surface area contributed by atoms with Crippen LogP contribution in [0.2, 0.25) is 0 Å². The zero-order valence-electron chi connectivity index (χ0n) is 27.9. The number of pyridine rings is 1. The highest BCUT2D eigenvalue weighted by Crippen LogP contribution is 2.29. The summed E-state index contributed by atoms with van der Waals surface area (Å²) in [5.74, 6) is 3.87. The third-order valence-corrected chi connectivity index (χ3v) is 7.58. The Morgan fingerprint density at radius 1 is 0.932 bits per heavy atom. The molecule has 0 atom stereocenters. The van der Waals surface area contributed by atoms with Crippen molar-refractivity contribution in [2.45, 2.75) is 87.0 Å². The fraction of sp³-hybridized carbons (Fsp3) is 0.514. The Labute approximate surface area is 263 Å². The predicted octanol–water partition coefficient (Wildman–Crippen LogP) is 7.87. The van der Waals surface area contributed by atoms with Gasteiger partial charge < -0.3 is 14.4 Å². The molecule has 1 aromatic carbocycles. The molecule has 44 heavy (non-hydrogen) atoms. The summed E-state index contributed by atoms with van der Waals surface area (Å²) in [6.07, 6.45) is 7.28. The lowest BCUT2D eigenvalue weighted by Crippen LogP contribution is -2.28. The van der Waals surface area contributed by atoms with Crippen molar-refractivity contribution in [3.05, 3.63) is 59.0 Å². The lowest BCUT2D eigenvalue weighted by molar-refractivity contribution is 0.303. The molecular formula is C35H49N7O2. The zero-order valence-corrected chi connectivity index (χ0v) is 27.9.